The lowest BCUT2D eigenvalue weighted by atomic mass is 10.1. The van der Waals surface area contributed by atoms with Gasteiger partial charge < -0.3 is 14.1 Å². The molecule has 0 aliphatic rings. The first-order valence-electron chi connectivity index (χ1n) is 6.74. The maximum absolute atomic E-state index is 10.9. The Balaban J connectivity index is 2.06. The van der Waals surface area contributed by atoms with E-state index >= 15 is 0 Å². The third-order valence-corrected chi connectivity index (χ3v) is 3.86. The summed E-state index contributed by atoms with van der Waals surface area (Å²) in [6.45, 7) is 6.08. The van der Waals surface area contributed by atoms with Gasteiger partial charge in [-0.05, 0) is 56.2 Å². The van der Waals surface area contributed by atoms with Crippen molar-refractivity contribution in [2.75, 3.05) is 0 Å². The highest BCUT2D eigenvalue weighted by Crippen LogP contribution is 2.26. The molecule has 0 radical (unpaired) electrons. The molecule has 108 valence electrons. The lowest BCUT2D eigenvalue weighted by Gasteiger charge is -2.12. The van der Waals surface area contributed by atoms with Gasteiger partial charge in [0.15, 0.2) is 0 Å². The SMILES string of the molecule is Cc1cc2ncn(C(C)c3ccc(C(=O)O)o3)c2cc1C. The van der Waals surface area contributed by atoms with E-state index in [2.05, 4.69) is 31.0 Å². The Morgan fingerprint density at radius 3 is 2.67 bits per heavy atom. The highest BCUT2D eigenvalue weighted by Gasteiger charge is 2.17. The van der Waals surface area contributed by atoms with Crippen LogP contribution >= 0.6 is 0 Å². The number of imidazole rings is 1. The molecule has 0 aliphatic heterocycles. The fourth-order valence-electron chi connectivity index (χ4n) is 2.42. The summed E-state index contributed by atoms with van der Waals surface area (Å²) in [6, 6.07) is 7.20. The Hall–Kier alpha value is -2.56. The van der Waals surface area contributed by atoms with Crippen molar-refractivity contribution in [3.8, 4) is 0 Å². The molecule has 2 heterocycles. The molecule has 1 N–H and O–H groups in total. The number of fused-ring (bicyclic) bond motifs is 1. The Morgan fingerprint density at radius 2 is 2.00 bits per heavy atom. The number of furan rings is 1. The Kier molecular flexibility index (Phi) is 3.05. The van der Waals surface area contributed by atoms with Crippen LogP contribution in [0.4, 0.5) is 0 Å². The first-order chi connectivity index (χ1) is 9.97. The molecule has 5 heteroatoms. The molecule has 1 unspecified atom stereocenters. The first-order valence-corrected chi connectivity index (χ1v) is 6.74. The van der Waals surface area contributed by atoms with E-state index in [0.29, 0.717) is 5.76 Å². The van der Waals surface area contributed by atoms with Crippen molar-refractivity contribution in [2.45, 2.75) is 26.8 Å². The van der Waals surface area contributed by atoms with Gasteiger partial charge >= 0.3 is 5.97 Å². The van der Waals surface area contributed by atoms with Gasteiger partial charge in [0.05, 0.1) is 23.4 Å². The minimum Gasteiger partial charge on any atom is -0.475 e. The largest absolute Gasteiger partial charge is 0.475 e. The number of nitrogens with zero attached hydrogens (tertiary/aromatic N) is 2. The summed E-state index contributed by atoms with van der Waals surface area (Å²) in [7, 11) is 0. The zero-order valence-corrected chi connectivity index (χ0v) is 12.1. The minimum absolute atomic E-state index is 0.0479. The fourth-order valence-corrected chi connectivity index (χ4v) is 2.42. The number of benzene rings is 1. The molecule has 3 rings (SSSR count). The molecule has 0 aliphatic carbocycles. The fraction of sp³-hybridized carbons (Fsp3) is 0.250. The van der Waals surface area contributed by atoms with Crippen LogP contribution in [0, 0.1) is 13.8 Å². The Bertz CT molecular complexity index is 829. The van der Waals surface area contributed by atoms with Gasteiger partial charge in [-0.15, -0.1) is 0 Å². The lowest BCUT2D eigenvalue weighted by Crippen LogP contribution is -2.04. The summed E-state index contributed by atoms with van der Waals surface area (Å²) < 4.78 is 7.38. The van der Waals surface area contributed by atoms with E-state index in [9.17, 15) is 4.79 Å². The quantitative estimate of drug-likeness (QED) is 0.798. The van der Waals surface area contributed by atoms with Gasteiger partial charge in [0.2, 0.25) is 5.76 Å². The van der Waals surface area contributed by atoms with E-state index in [1.54, 1.807) is 12.4 Å². The predicted octanol–water partition coefficient (Wildman–Crippen LogP) is 3.55. The average molecular weight is 284 g/mol. The van der Waals surface area contributed by atoms with Crippen LogP contribution < -0.4 is 0 Å². The van der Waals surface area contributed by atoms with Gasteiger partial charge in [0.1, 0.15) is 5.76 Å². The van der Waals surface area contributed by atoms with E-state index in [-0.39, 0.29) is 11.8 Å². The maximum atomic E-state index is 10.9. The molecule has 1 aromatic carbocycles. The van der Waals surface area contributed by atoms with Crippen LogP contribution in [0.1, 0.15) is 40.4 Å². The minimum atomic E-state index is -1.06. The molecule has 3 aromatic rings. The number of carboxylic acids is 1. The van der Waals surface area contributed by atoms with Crippen LogP contribution in [-0.4, -0.2) is 20.6 Å². The van der Waals surface area contributed by atoms with Gasteiger partial charge in [-0.25, -0.2) is 9.78 Å². The van der Waals surface area contributed by atoms with Crippen LogP contribution in [0.3, 0.4) is 0 Å². The van der Waals surface area contributed by atoms with Crippen LogP contribution in [0.2, 0.25) is 0 Å². The molecular weight excluding hydrogens is 268 g/mol. The summed E-state index contributed by atoms with van der Waals surface area (Å²) in [5, 5.41) is 8.94. The molecule has 1 atom stereocenters. The van der Waals surface area contributed by atoms with Gasteiger partial charge in [-0.2, -0.15) is 0 Å². The first kappa shape index (κ1) is 13.4. The van der Waals surface area contributed by atoms with E-state index in [4.69, 9.17) is 9.52 Å². The van der Waals surface area contributed by atoms with Crippen molar-refractivity contribution in [2.24, 2.45) is 0 Å². The zero-order chi connectivity index (χ0) is 15.1. The second kappa shape index (κ2) is 4.77. The third kappa shape index (κ3) is 2.20. The smallest absolute Gasteiger partial charge is 0.371 e. The number of carboxylic acid groups (broad SMARTS) is 1. The summed E-state index contributed by atoms with van der Waals surface area (Å²) >= 11 is 0. The Morgan fingerprint density at radius 1 is 1.29 bits per heavy atom. The number of aromatic nitrogens is 2. The molecular formula is C16H16N2O3. The number of rotatable bonds is 3. The predicted molar refractivity (Wildman–Crippen MR) is 78.7 cm³/mol. The second-order valence-electron chi connectivity index (χ2n) is 5.26. The van der Waals surface area contributed by atoms with Crippen molar-refractivity contribution in [1.82, 2.24) is 9.55 Å². The van der Waals surface area contributed by atoms with Crippen LogP contribution in [0.5, 0.6) is 0 Å². The van der Waals surface area contributed by atoms with E-state index < -0.39 is 5.97 Å². The molecule has 0 bridgehead atoms. The van der Waals surface area contributed by atoms with E-state index in [0.717, 1.165) is 11.0 Å². The summed E-state index contributed by atoms with van der Waals surface area (Å²) in [6.07, 6.45) is 1.76. The summed E-state index contributed by atoms with van der Waals surface area (Å²) in [5.74, 6) is -0.506. The van der Waals surface area contributed by atoms with E-state index in [1.807, 2.05) is 11.5 Å². The highest BCUT2D eigenvalue weighted by atomic mass is 16.4. The topological polar surface area (TPSA) is 68.3 Å². The van der Waals surface area contributed by atoms with Crippen molar-refractivity contribution in [1.29, 1.82) is 0 Å². The summed E-state index contributed by atoms with van der Waals surface area (Å²) in [5.41, 5.74) is 4.34. The van der Waals surface area contributed by atoms with Gasteiger partial charge in [-0.1, -0.05) is 0 Å². The van der Waals surface area contributed by atoms with Gasteiger partial charge in [0.25, 0.3) is 0 Å². The number of carbonyl (C=O) groups is 1. The molecule has 0 amide bonds. The molecule has 5 nitrogen and oxygen atoms in total. The average Bonchev–Trinajstić information content (AvgIpc) is 3.05. The van der Waals surface area contributed by atoms with Gasteiger partial charge in [-0.3, -0.25) is 0 Å². The molecule has 0 saturated carbocycles. The summed E-state index contributed by atoms with van der Waals surface area (Å²) in [4.78, 5) is 15.3. The molecule has 0 fully saturated rings. The standard InChI is InChI=1S/C16H16N2O3/c1-9-6-12-13(7-10(9)2)18(8-17-12)11(3)14-4-5-15(21-14)16(19)20/h4-8,11H,1-3H3,(H,19,20). The van der Waals surface area contributed by atoms with E-state index in [1.165, 1.54) is 17.2 Å². The van der Waals surface area contributed by atoms with Crippen LogP contribution in [0.15, 0.2) is 35.0 Å². The zero-order valence-electron chi connectivity index (χ0n) is 12.1. The third-order valence-electron chi connectivity index (χ3n) is 3.86. The molecule has 0 saturated heterocycles. The number of hydrogen-bond donors (Lipinski definition) is 1. The number of aryl methyl sites for hydroxylation is 2. The monoisotopic (exact) mass is 284 g/mol. The Labute approximate surface area is 121 Å². The van der Waals surface area contributed by atoms with Crippen LogP contribution in [0.25, 0.3) is 11.0 Å². The maximum Gasteiger partial charge on any atom is 0.371 e. The van der Waals surface area contributed by atoms with Crippen molar-refractivity contribution < 1.29 is 14.3 Å². The molecule has 21 heavy (non-hydrogen) atoms. The normalized spacial score (nSPS) is 12.7. The second-order valence-corrected chi connectivity index (χ2v) is 5.26. The number of aromatic carboxylic acids is 1. The number of hydrogen-bond acceptors (Lipinski definition) is 3. The van der Waals surface area contributed by atoms with Crippen molar-refractivity contribution in [3.05, 3.63) is 53.2 Å². The van der Waals surface area contributed by atoms with Crippen molar-refractivity contribution >= 4 is 17.0 Å². The van der Waals surface area contributed by atoms with Gasteiger partial charge in [0, 0.05) is 0 Å². The molecule has 0 spiro atoms. The van der Waals surface area contributed by atoms with Crippen LogP contribution in [-0.2, 0) is 0 Å². The lowest BCUT2D eigenvalue weighted by molar-refractivity contribution is 0.0659. The molecule has 2 aromatic heterocycles. The van der Waals surface area contributed by atoms with Crippen molar-refractivity contribution in [3.63, 3.8) is 0 Å². The highest BCUT2D eigenvalue weighted by molar-refractivity contribution is 5.84.